The second kappa shape index (κ2) is 29.0. The molecule has 0 aromatic carbocycles. The molecule has 0 saturated carbocycles. The molecule has 1 aliphatic rings. The number of aliphatic hydroxyl groups excluding tert-OH is 6. The van der Waals surface area contributed by atoms with Gasteiger partial charge in [-0.1, -0.05) is 155 Å². The number of amides is 1. The molecular formula is C38H75NO8. The van der Waals surface area contributed by atoms with Crippen LogP contribution in [0.25, 0.3) is 0 Å². The van der Waals surface area contributed by atoms with Crippen LogP contribution in [0.15, 0.2) is 0 Å². The fraction of sp³-hybridized carbons (Fsp3) is 0.974. The highest BCUT2D eigenvalue weighted by Gasteiger charge is 2.45. The van der Waals surface area contributed by atoms with E-state index < -0.39 is 55.4 Å². The monoisotopic (exact) mass is 674 g/mol. The first-order chi connectivity index (χ1) is 22.8. The Bertz CT molecular complexity index is 726. The van der Waals surface area contributed by atoms with Crippen molar-refractivity contribution >= 4 is 5.91 Å². The van der Waals surface area contributed by atoms with Crippen molar-refractivity contribution < 1.29 is 40.2 Å². The van der Waals surface area contributed by atoms with Gasteiger partial charge >= 0.3 is 0 Å². The molecule has 0 aromatic rings. The van der Waals surface area contributed by atoms with Crippen molar-refractivity contribution in [2.24, 2.45) is 0 Å². The van der Waals surface area contributed by atoms with Crippen molar-refractivity contribution in [2.45, 2.75) is 230 Å². The van der Waals surface area contributed by atoms with Gasteiger partial charge in [-0.3, -0.25) is 4.79 Å². The molecule has 1 heterocycles. The molecule has 0 radical (unpaired) electrons. The van der Waals surface area contributed by atoms with Crippen molar-refractivity contribution in [1.29, 1.82) is 0 Å². The van der Waals surface area contributed by atoms with Gasteiger partial charge < -0.3 is 40.7 Å². The number of hydrogen-bond acceptors (Lipinski definition) is 8. The first-order valence-electron chi connectivity index (χ1n) is 19.7. The molecule has 1 saturated heterocycles. The lowest BCUT2D eigenvalue weighted by atomic mass is 9.88. The van der Waals surface area contributed by atoms with Gasteiger partial charge in [-0.2, -0.15) is 0 Å². The van der Waals surface area contributed by atoms with Gasteiger partial charge in [0, 0.05) is 6.42 Å². The molecule has 1 rings (SSSR count). The smallest absolute Gasteiger partial charge is 0.220 e. The van der Waals surface area contributed by atoms with E-state index in [9.17, 15) is 35.4 Å². The average molecular weight is 674 g/mol. The largest absolute Gasteiger partial charge is 0.394 e. The molecule has 280 valence electrons. The molecule has 0 aromatic heterocycles. The van der Waals surface area contributed by atoms with Gasteiger partial charge in [-0.25, -0.2) is 0 Å². The zero-order valence-electron chi connectivity index (χ0n) is 30.2. The fourth-order valence-corrected chi connectivity index (χ4v) is 6.76. The van der Waals surface area contributed by atoms with E-state index in [1.807, 2.05) is 6.92 Å². The molecule has 7 N–H and O–H groups in total. The predicted molar refractivity (Wildman–Crippen MR) is 189 cm³/mol. The van der Waals surface area contributed by atoms with Crippen LogP contribution >= 0.6 is 0 Å². The summed E-state index contributed by atoms with van der Waals surface area (Å²) in [6.45, 7) is 3.70. The molecule has 0 spiro atoms. The number of nitrogens with one attached hydrogen (secondary N) is 1. The molecule has 9 nitrogen and oxygen atoms in total. The molecular weight excluding hydrogens is 598 g/mol. The van der Waals surface area contributed by atoms with Crippen LogP contribution in [0.2, 0.25) is 0 Å². The second-order valence-corrected chi connectivity index (χ2v) is 14.3. The summed E-state index contributed by atoms with van der Waals surface area (Å²) in [6.07, 6.45) is 20.4. The Labute approximate surface area is 287 Å². The van der Waals surface area contributed by atoms with Crippen molar-refractivity contribution in [3.63, 3.8) is 0 Å². The molecule has 1 fully saturated rings. The van der Waals surface area contributed by atoms with E-state index >= 15 is 0 Å². The van der Waals surface area contributed by atoms with Crippen molar-refractivity contribution in [3.8, 4) is 0 Å². The number of ether oxygens (including phenoxy) is 1. The third-order valence-corrected chi connectivity index (χ3v) is 9.99. The minimum atomic E-state index is -1.54. The highest BCUT2D eigenvalue weighted by molar-refractivity contribution is 5.76. The van der Waals surface area contributed by atoms with Crippen LogP contribution in [-0.2, 0) is 9.53 Å². The summed E-state index contributed by atoms with van der Waals surface area (Å²) in [6, 6.07) is -0.925. The number of aliphatic hydroxyl groups is 6. The normalized spacial score (nSPS) is 23.4. The van der Waals surface area contributed by atoms with Crippen LogP contribution in [0, 0.1) is 0 Å². The van der Waals surface area contributed by atoms with E-state index in [0.29, 0.717) is 19.3 Å². The van der Waals surface area contributed by atoms with E-state index in [0.717, 1.165) is 25.7 Å². The fourth-order valence-electron chi connectivity index (χ4n) is 6.76. The summed E-state index contributed by atoms with van der Waals surface area (Å²) in [5.74, 6) is -0.251. The summed E-state index contributed by atoms with van der Waals surface area (Å²) >= 11 is 0. The van der Waals surface area contributed by atoms with Crippen LogP contribution in [0.4, 0.5) is 0 Å². The minimum absolute atomic E-state index is 0.0865. The van der Waals surface area contributed by atoms with Gasteiger partial charge in [0.05, 0.1) is 24.9 Å². The second-order valence-electron chi connectivity index (χ2n) is 14.3. The van der Waals surface area contributed by atoms with Gasteiger partial charge in [0.1, 0.15) is 30.5 Å². The molecule has 8 atom stereocenters. The Balaban J connectivity index is 2.18. The standard InChI is InChI=1S/C38H75NO8/c1-3-5-7-8-9-10-11-12-13-14-15-16-17-18-19-20-21-22-23-24-25-27-34(42)39-30(35(43)31(41)26-6-4-2)28-32-36(44)38(46)37(45)33(29-40)47-32/h30-33,35-38,40-41,43-46H,3-29H2,1-2H3,(H,39,42)/t30-,31+,32+,33+,35-,36-,37-,38+/m0/s1. The topological polar surface area (TPSA) is 160 Å². The lowest BCUT2D eigenvalue weighted by Crippen LogP contribution is -2.61. The summed E-state index contributed by atoms with van der Waals surface area (Å²) in [7, 11) is 0. The Hall–Kier alpha value is -0.810. The number of rotatable bonds is 31. The molecule has 1 aliphatic heterocycles. The number of carbonyl (C=O) groups is 1. The van der Waals surface area contributed by atoms with Crippen molar-refractivity contribution in [1.82, 2.24) is 5.32 Å². The Morgan fingerprint density at radius 3 is 1.43 bits per heavy atom. The summed E-state index contributed by atoms with van der Waals surface area (Å²) < 4.78 is 5.61. The van der Waals surface area contributed by atoms with Crippen LogP contribution in [0.5, 0.6) is 0 Å². The van der Waals surface area contributed by atoms with Gasteiger partial charge in [-0.15, -0.1) is 0 Å². The van der Waals surface area contributed by atoms with E-state index in [2.05, 4.69) is 12.2 Å². The van der Waals surface area contributed by atoms with Crippen molar-refractivity contribution in [2.75, 3.05) is 6.61 Å². The zero-order valence-corrected chi connectivity index (χ0v) is 30.2. The maximum atomic E-state index is 12.8. The lowest BCUT2D eigenvalue weighted by molar-refractivity contribution is -0.233. The Kier molecular flexibility index (Phi) is 27.3. The average Bonchev–Trinajstić information content (AvgIpc) is 3.07. The van der Waals surface area contributed by atoms with Gasteiger partial charge in [0.25, 0.3) is 0 Å². The van der Waals surface area contributed by atoms with Gasteiger partial charge in [0.15, 0.2) is 0 Å². The molecule has 0 unspecified atom stereocenters. The van der Waals surface area contributed by atoms with Crippen LogP contribution in [0.3, 0.4) is 0 Å². The Morgan fingerprint density at radius 2 is 1.00 bits per heavy atom. The predicted octanol–water partition coefficient (Wildman–Crippen LogP) is 6.22. The van der Waals surface area contributed by atoms with Crippen LogP contribution in [0.1, 0.15) is 181 Å². The summed E-state index contributed by atoms with van der Waals surface area (Å²) in [5.41, 5.74) is 0. The highest BCUT2D eigenvalue weighted by Crippen LogP contribution is 2.26. The SMILES string of the molecule is CCCCCCCCCCCCCCCCCCCCCCCC(=O)N[C@@H](C[C@H]1O[C@H](CO)[C@H](O)[C@H](O)[C@H]1O)[C@H](O)[C@H](O)CCCC. The zero-order chi connectivity index (χ0) is 34.7. The Morgan fingerprint density at radius 1 is 0.596 bits per heavy atom. The third kappa shape index (κ3) is 20.5. The number of hydrogen-bond donors (Lipinski definition) is 7. The maximum absolute atomic E-state index is 12.8. The van der Waals surface area contributed by atoms with E-state index in [1.54, 1.807) is 0 Å². The van der Waals surface area contributed by atoms with Crippen LogP contribution < -0.4 is 5.32 Å². The third-order valence-electron chi connectivity index (χ3n) is 9.99. The molecule has 0 aliphatic carbocycles. The van der Waals surface area contributed by atoms with Crippen molar-refractivity contribution in [3.05, 3.63) is 0 Å². The van der Waals surface area contributed by atoms with Gasteiger partial charge in [0.2, 0.25) is 5.91 Å². The maximum Gasteiger partial charge on any atom is 0.220 e. The first kappa shape index (κ1) is 44.2. The molecule has 47 heavy (non-hydrogen) atoms. The lowest BCUT2D eigenvalue weighted by Gasteiger charge is -2.42. The summed E-state index contributed by atoms with van der Waals surface area (Å²) in [4.78, 5) is 12.8. The number of unbranched alkanes of at least 4 members (excludes halogenated alkanes) is 21. The van der Waals surface area contributed by atoms with E-state index in [4.69, 9.17) is 4.74 Å². The van der Waals surface area contributed by atoms with Gasteiger partial charge in [-0.05, 0) is 19.3 Å². The highest BCUT2D eigenvalue weighted by atomic mass is 16.5. The van der Waals surface area contributed by atoms with E-state index in [1.165, 1.54) is 116 Å². The quantitative estimate of drug-likeness (QED) is 0.0428. The first-order valence-corrected chi connectivity index (χ1v) is 19.7. The molecule has 1 amide bonds. The summed E-state index contributed by atoms with van der Waals surface area (Å²) in [5, 5.41) is 64.5. The molecule has 0 bridgehead atoms. The minimum Gasteiger partial charge on any atom is -0.394 e. The van der Waals surface area contributed by atoms with Crippen LogP contribution in [-0.4, -0.2) is 91.9 Å². The molecule has 9 heteroatoms. The van der Waals surface area contributed by atoms with E-state index in [-0.39, 0.29) is 12.3 Å². The number of carbonyl (C=O) groups excluding carboxylic acids is 1.